The zero-order chi connectivity index (χ0) is 13.5. The van der Waals surface area contributed by atoms with E-state index in [9.17, 15) is 9.59 Å². The van der Waals surface area contributed by atoms with Crippen LogP contribution in [-0.4, -0.2) is 56.6 Å². The molecule has 100 valence electrons. The van der Waals surface area contributed by atoms with Crippen LogP contribution >= 0.6 is 0 Å². The molecule has 3 amide bonds. The summed E-state index contributed by atoms with van der Waals surface area (Å²) in [7, 11) is 5.48. The Labute approximate surface area is 103 Å². The minimum atomic E-state index is -0.905. The van der Waals surface area contributed by atoms with E-state index in [0.29, 0.717) is 6.54 Å². The molecule has 0 aromatic carbocycles. The van der Waals surface area contributed by atoms with E-state index in [1.54, 1.807) is 13.8 Å². The van der Waals surface area contributed by atoms with Crippen molar-refractivity contribution in [1.82, 2.24) is 20.9 Å². The van der Waals surface area contributed by atoms with Gasteiger partial charge in [-0.2, -0.15) is 0 Å². The maximum atomic E-state index is 11.8. The summed E-state index contributed by atoms with van der Waals surface area (Å²) in [6, 6.07) is -0.363. The van der Waals surface area contributed by atoms with Gasteiger partial charge in [-0.3, -0.25) is 4.79 Å². The molecule has 6 heteroatoms. The zero-order valence-corrected chi connectivity index (χ0v) is 11.4. The molecular weight excluding hydrogens is 220 g/mol. The van der Waals surface area contributed by atoms with Crippen LogP contribution in [0.25, 0.3) is 0 Å². The predicted molar refractivity (Wildman–Crippen MR) is 67.9 cm³/mol. The van der Waals surface area contributed by atoms with Crippen molar-refractivity contribution >= 4 is 11.9 Å². The third-order valence-corrected chi connectivity index (χ3v) is 2.29. The van der Waals surface area contributed by atoms with Crippen LogP contribution < -0.4 is 16.0 Å². The number of hydrogen-bond acceptors (Lipinski definition) is 3. The first-order valence-corrected chi connectivity index (χ1v) is 5.72. The molecule has 0 saturated carbocycles. The van der Waals surface area contributed by atoms with Gasteiger partial charge in [-0.15, -0.1) is 0 Å². The van der Waals surface area contributed by atoms with Crippen LogP contribution in [0.4, 0.5) is 4.79 Å². The van der Waals surface area contributed by atoms with Crippen LogP contribution in [0.15, 0.2) is 0 Å². The molecule has 0 saturated heterocycles. The van der Waals surface area contributed by atoms with E-state index in [1.165, 1.54) is 7.05 Å². The fourth-order valence-corrected chi connectivity index (χ4v) is 1.22. The van der Waals surface area contributed by atoms with Gasteiger partial charge in [0.15, 0.2) is 0 Å². The van der Waals surface area contributed by atoms with Crippen molar-refractivity contribution in [2.75, 3.05) is 34.2 Å². The van der Waals surface area contributed by atoms with Gasteiger partial charge in [-0.1, -0.05) is 0 Å². The number of nitrogens with zero attached hydrogens (tertiary/aromatic N) is 1. The van der Waals surface area contributed by atoms with Gasteiger partial charge < -0.3 is 20.9 Å². The van der Waals surface area contributed by atoms with Gasteiger partial charge in [0.1, 0.15) is 5.54 Å². The molecule has 0 spiro atoms. The molecule has 0 bridgehead atoms. The summed E-state index contributed by atoms with van der Waals surface area (Å²) in [5, 5.41) is 7.80. The fraction of sp³-hybridized carbons (Fsp3) is 0.818. The second-order valence-electron chi connectivity index (χ2n) is 4.74. The Bertz CT molecular complexity index is 264. The Morgan fingerprint density at radius 1 is 1.24 bits per heavy atom. The molecule has 0 heterocycles. The Hall–Kier alpha value is -1.30. The summed E-state index contributed by atoms with van der Waals surface area (Å²) in [6.07, 6.45) is 0.884. The van der Waals surface area contributed by atoms with Crippen LogP contribution in [0.1, 0.15) is 20.3 Å². The number of urea groups is 1. The molecule has 0 rings (SSSR count). The standard InChI is InChI=1S/C11H24N4O2/c1-11(2,14-10(17)12-3)9(16)13-7-6-8-15(4)5/h6-8H2,1-5H3,(H,13,16)(H2,12,14,17). The van der Waals surface area contributed by atoms with Gasteiger partial charge in [0.2, 0.25) is 5.91 Å². The van der Waals surface area contributed by atoms with Crippen molar-refractivity contribution in [3.8, 4) is 0 Å². The zero-order valence-electron chi connectivity index (χ0n) is 11.4. The largest absolute Gasteiger partial charge is 0.354 e. The van der Waals surface area contributed by atoms with Crippen LogP contribution in [-0.2, 0) is 4.79 Å². The first-order chi connectivity index (χ1) is 7.79. The molecule has 0 aromatic rings. The number of carbonyl (C=O) groups is 2. The Kier molecular flexibility index (Phi) is 6.57. The highest BCUT2D eigenvalue weighted by atomic mass is 16.2. The van der Waals surface area contributed by atoms with E-state index in [4.69, 9.17) is 0 Å². The van der Waals surface area contributed by atoms with E-state index < -0.39 is 5.54 Å². The minimum absolute atomic E-state index is 0.181. The summed E-state index contributed by atoms with van der Waals surface area (Å²) in [4.78, 5) is 25.0. The molecule has 3 N–H and O–H groups in total. The average Bonchev–Trinajstić information content (AvgIpc) is 2.22. The molecule has 0 atom stereocenters. The van der Waals surface area contributed by atoms with Crippen LogP contribution in [0.3, 0.4) is 0 Å². The van der Waals surface area contributed by atoms with E-state index >= 15 is 0 Å². The molecule has 0 aliphatic heterocycles. The van der Waals surface area contributed by atoms with Crippen LogP contribution in [0.5, 0.6) is 0 Å². The predicted octanol–water partition coefficient (Wildman–Crippen LogP) is -0.238. The lowest BCUT2D eigenvalue weighted by Gasteiger charge is -2.25. The van der Waals surface area contributed by atoms with Crippen molar-refractivity contribution in [2.24, 2.45) is 0 Å². The lowest BCUT2D eigenvalue weighted by Crippen LogP contribution is -2.56. The van der Waals surface area contributed by atoms with Crippen molar-refractivity contribution in [3.05, 3.63) is 0 Å². The highest BCUT2D eigenvalue weighted by Crippen LogP contribution is 2.01. The lowest BCUT2D eigenvalue weighted by atomic mass is 10.1. The average molecular weight is 244 g/mol. The van der Waals surface area contributed by atoms with Gasteiger partial charge in [-0.05, 0) is 40.9 Å². The van der Waals surface area contributed by atoms with E-state index in [1.807, 2.05) is 14.1 Å². The summed E-state index contributed by atoms with van der Waals surface area (Å²) in [6.45, 7) is 4.87. The second kappa shape index (κ2) is 7.11. The van der Waals surface area contributed by atoms with Gasteiger partial charge in [-0.25, -0.2) is 4.79 Å². The van der Waals surface area contributed by atoms with E-state index in [-0.39, 0.29) is 11.9 Å². The molecule has 6 nitrogen and oxygen atoms in total. The third kappa shape index (κ3) is 6.78. The van der Waals surface area contributed by atoms with E-state index in [0.717, 1.165) is 13.0 Å². The van der Waals surface area contributed by atoms with Crippen LogP contribution in [0.2, 0.25) is 0 Å². The van der Waals surface area contributed by atoms with Crippen molar-refractivity contribution in [1.29, 1.82) is 0 Å². The lowest BCUT2D eigenvalue weighted by molar-refractivity contribution is -0.126. The first kappa shape index (κ1) is 15.7. The first-order valence-electron chi connectivity index (χ1n) is 5.72. The summed E-state index contributed by atoms with van der Waals surface area (Å²) < 4.78 is 0. The quantitative estimate of drug-likeness (QED) is 0.565. The maximum absolute atomic E-state index is 11.8. The SMILES string of the molecule is CNC(=O)NC(C)(C)C(=O)NCCCN(C)C. The number of carbonyl (C=O) groups excluding carboxylic acids is 2. The van der Waals surface area contributed by atoms with E-state index in [2.05, 4.69) is 20.9 Å². The number of amides is 3. The summed E-state index contributed by atoms with van der Waals surface area (Å²) >= 11 is 0. The third-order valence-electron chi connectivity index (χ3n) is 2.29. The topological polar surface area (TPSA) is 73.5 Å². The normalized spacial score (nSPS) is 11.2. The minimum Gasteiger partial charge on any atom is -0.354 e. The highest BCUT2D eigenvalue weighted by Gasteiger charge is 2.28. The number of hydrogen-bond donors (Lipinski definition) is 3. The smallest absolute Gasteiger partial charge is 0.315 e. The van der Waals surface area contributed by atoms with Gasteiger partial charge in [0.05, 0.1) is 0 Å². The van der Waals surface area contributed by atoms with Gasteiger partial charge >= 0.3 is 6.03 Å². The molecule has 0 radical (unpaired) electrons. The van der Waals surface area contributed by atoms with Gasteiger partial charge in [0, 0.05) is 13.6 Å². The molecular formula is C11H24N4O2. The summed E-state index contributed by atoms with van der Waals surface area (Å²) in [5.74, 6) is -0.181. The molecule has 17 heavy (non-hydrogen) atoms. The fourth-order valence-electron chi connectivity index (χ4n) is 1.22. The molecule has 0 aromatic heterocycles. The Morgan fingerprint density at radius 2 is 1.82 bits per heavy atom. The summed E-state index contributed by atoms with van der Waals surface area (Å²) in [5.41, 5.74) is -0.905. The van der Waals surface area contributed by atoms with Crippen molar-refractivity contribution < 1.29 is 9.59 Å². The maximum Gasteiger partial charge on any atom is 0.315 e. The van der Waals surface area contributed by atoms with Crippen molar-refractivity contribution in [3.63, 3.8) is 0 Å². The number of nitrogens with one attached hydrogen (secondary N) is 3. The number of rotatable bonds is 6. The molecule has 0 aliphatic carbocycles. The van der Waals surface area contributed by atoms with Crippen molar-refractivity contribution in [2.45, 2.75) is 25.8 Å². The van der Waals surface area contributed by atoms with Crippen LogP contribution in [0, 0.1) is 0 Å². The Balaban J connectivity index is 3.99. The second-order valence-corrected chi connectivity index (χ2v) is 4.74. The Morgan fingerprint density at radius 3 is 2.29 bits per heavy atom. The molecule has 0 unspecified atom stereocenters. The molecule has 0 aliphatic rings. The molecule has 0 fully saturated rings. The monoisotopic (exact) mass is 244 g/mol. The highest BCUT2D eigenvalue weighted by molar-refractivity contribution is 5.90. The van der Waals surface area contributed by atoms with Gasteiger partial charge in [0.25, 0.3) is 0 Å².